The predicted octanol–water partition coefficient (Wildman–Crippen LogP) is 2.55. The smallest absolute Gasteiger partial charge is 0.247 e. The first-order valence-electron chi connectivity index (χ1n) is 10.1. The zero-order valence-electron chi connectivity index (χ0n) is 17.2. The summed E-state index contributed by atoms with van der Waals surface area (Å²) in [5.74, 6) is -0.0430. The van der Waals surface area contributed by atoms with Gasteiger partial charge < -0.3 is 10.2 Å². The maximum absolute atomic E-state index is 12.8. The molecule has 0 saturated carbocycles. The molecule has 7 nitrogen and oxygen atoms in total. The van der Waals surface area contributed by atoms with Crippen LogP contribution in [0.25, 0.3) is 0 Å². The molecule has 1 atom stereocenters. The summed E-state index contributed by atoms with van der Waals surface area (Å²) in [5.41, 5.74) is 4.75. The second-order valence-electron chi connectivity index (χ2n) is 7.66. The third-order valence-corrected chi connectivity index (χ3v) is 5.53. The molecular formula is C23H25N5O2. The topological polar surface area (TPSA) is 80.1 Å². The number of aromatic nitrogens is 3. The minimum atomic E-state index is -0.415. The summed E-state index contributed by atoms with van der Waals surface area (Å²) in [4.78, 5) is 27.0. The molecule has 1 aliphatic rings. The number of hydrogen-bond donors (Lipinski definition) is 1. The van der Waals surface area contributed by atoms with E-state index in [1.165, 1.54) is 0 Å². The highest BCUT2D eigenvalue weighted by Crippen LogP contribution is 2.24. The van der Waals surface area contributed by atoms with Crippen molar-refractivity contribution in [2.75, 3.05) is 0 Å². The van der Waals surface area contributed by atoms with Crippen LogP contribution in [0.4, 0.5) is 0 Å². The molecular weight excluding hydrogens is 378 g/mol. The lowest BCUT2D eigenvalue weighted by Crippen LogP contribution is -2.41. The molecule has 0 bridgehead atoms. The van der Waals surface area contributed by atoms with Gasteiger partial charge in [0.1, 0.15) is 11.7 Å². The molecule has 30 heavy (non-hydrogen) atoms. The number of benzene rings is 2. The number of hydrogen-bond acceptors (Lipinski definition) is 4. The Morgan fingerprint density at radius 3 is 2.63 bits per heavy atom. The molecule has 1 aliphatic heterocycles. The monoisotopic (exact) mass is 403 g/mol. The SMILES string of the molecule is Cc1ccccc1CC(=O)NCc1nnn2c1CN(Cc1ccccc1)C(=O)C2C. The highest BCUT2D eigenvalue weighted by Gasteiger charge is 2.33. The van der Waals surface area contributed by atoms with Gasteiger partial charge in [0.05, 0.1) is 25.2 Å². The van der Waals surface area contributed by atoms with Crippen molar-refractivity contribution in [2.24, 2.45) is 0 Å². The van der Waals surface area contributed by atoms with Crippen molar-refractivity contribution in [1.29, 1.82) is 0 Å². The maximum atomic E-state index is 12.8. The number of rotatable bonds is 6. The molecule has 0 radical (unpaired) electrons. The lowest BCUT2D eigenvalue weighted by atomic mass is 10.1. The van der Waals surface area contributed by atoms with Gasteiger partial charge in [0, 0.05) is 6.54 Å². The quantitative estimate of drug-likeness (QED) is 0.686. The average molecular weight is 403 g/mol. The summed E-state index contributed by atoms with van der Waals surface area (Å²) in [6.07, 6.45) is 0.325. The standard InChI is InChI=1S/C23H25N5O2/c1-16-8-6-7-11-19(16)12-22(29)24-13-20-21-15-27(14-18-9-4-3-5-10-18)23(30)17(2)28(21)26-25-20/h3-11,17H,12-15H2,1-2H3,(H,24,29). The van der Waals surface area contributed by atoms with Crippen molar-refractivity contribution >= 4 is 11.8 Å². The van der Waals surface area contributed by atoms with Crippen molar-refractivity contribution in [3.8, 4) is 0 Å². The Bertz CT molecular complexity index is 1060. The molecule has 0 fully saturated rings. The first-order chi connectivity index (χ1) is 14.5. The number of fused-ring (bicyclic) bond motifs is 1. The van der Waals surface area contributed by atoms with Crippen molar-refractivity contribution < 1.29 is 9.59 Å². The van der Waals surface area contributed by atoms with Crippen LogP contribution in [-0.4, -0.2) is 31.7 Å². The van der Waals surface area contributed by atoms with Gasteiger partial charge in [0.25, 0.3) is 0 Å². The number of carbonyl (C=O) groups excluding carboxylic acids is 2. The van der Waals surface area contributed by atoms with E-state index in [9.17, 15) is 9.59 Å². The predicted molar refractivity (Wildman–Crippen MR) is 112 cm³/mol. The van der Waals surface area contributed by atoms with Crippen molar-refractivity contribution in [3.05, 3.63) is 82.7 Å². The van der Waals surface area contributed by atoms with E-state index in [1.54, 1.807) is 4.68 Å². The molecule has 4 rings (SSSR count). The summed E-state index contributed by atoms with van der Waals surface area (Å²) in [6, 6.07) is 17.4. The van der Waals surface area contributed by atoms with Crippen LogP contribution in [0.5, 0.6) is 0 Å². The summed E-state index contributed by atoms with van der Waals surface area (Å²) in [5, 5.41) is 11.4. The fourth-order valence-corrected chi connectivity index (χ4v) is 3.75. The van der Waals surface area contributed by atoms with Crippen molar-refractivity contribution in [2.45, 2.75) is 45.9 Å². The Labute approximate surface area is 175 Å². The van der Waals surface area contributed by atoms with Crippen LogP contribution in [0.2, 0.25) is 0 Å². The van der Waals surface area contributed by atoms with Crippen LogP contribution < -0.4 is 5.32 Å². The fourth-order valence-electron chi connectivity index (χ4n) is 3.75. The summed E-state index contributed by atoms with van der Waals surface area (Å²) >= 11 is 0. The average Bonchev–Trinajstić information content (AvgIpc) is 3.15. The van der Waals surface area contributed by atoms with Crippen LogP contribution >= 0.6 is 0 Å². The highest BCUT2D eigenvalue weighted by atomic mass is 16.2. The fraction of sp³-hybridized carbons (Fsp3) is 0.304. The van der Waals surface area contributed by atoms with Crippen LogP contribution in [-0.2, 0) is 35.6 Å². The van der Waals surface area contributed by atoms with Gasteiger partial charge in [-0.1, -0.05) is 59.8 Å². The van der Waals surface area contributed by atoms with Gasteiger partial charge in [-0.25, -0.2) is 4.68 Å². The largest absolute Gasteiger partial charge is 0.350 e. The molecule has 7 heteroatoms. The van der Waals surface area contributed by atoms with Crippen LogP contribution in [0.15, 0.2) is 54.6 Å². The molecule has 2 amide bonds. The van der Waals surface area contributed by atoms with Gasteiger partial charge in [0.15, 0.2) is 0 Å². The minimum Gasteiger partial charge on any atom is -0.350 e. The number of aryl methyl sites for hydroxylation is 1. The molecule has 2 aromatic carbocycles. The van der Waals surface area contributed by atoms with E-state index in [2.05, 4.69) is 15.6 Å². The molecule has 0 spiro atoms. The molecule has 154 valence electrons. The molecule has 2 heterocycles. The first kappa shape index (κ1) is 19.8. The van der Waals surface area contributed by atoms with Crippen LogP contribution in [0.1, 0.15) is 41.0 Å². The van der Waals surface area contributed by atoms with E-state index in [4.69, 9.17) is 0 Å². The van der Waals surface area contributed by atoms with E-state index in [0.717, 1.165) is 22.4 Å². The highest BCUT2D eigenvalue weighted by molar-refractivity contribution is 5.81. The summed E-state index contributed by atoms with van der Waals surface area (Å²) in [7, 11) is 0. The van der Waals surface area contributed by atoms with Gasteiger partial charge in [-0.2, -0.15) is 0 Å². The molecule has 1 N–H and O–H groups in total. The lowest BCUT2D eigenvalue weighted by molar-refractivity contribution is -0.138. The summed E-state index contributed by atoms with van der Waals surface area (Å²) in [6.45, 7) is 5.08. The molecule has 0 aliphatic carbocycles. The minimum absolute atomic E-state index is 0.0198. The molecule has 1 aromatic heterocycles. The van der Waals surface area contributed by atoms with Gasteiger partial charge >= 0.3 is 0 Å². The molecule has 0 saturated heterocycles. The first-order valence-corrected chi connectivity index (χ1v) is 10.1. The maximum Gasteiger partial charge on any atom is 0.247 e. The van der Waals surface area contributed by atoms with Crippen molar-refractivity contribution in [3.63, 3.8) is 0 Å². The Morgan fingerprint density at radius 1 is 1.13 bits per heavy atom. The Kier molecular flexibility index (Phi) is 5.61. The number of nitrogens with zero attached hydrogens (tertiary/aromatic N) is 4. The van der Waals surface area contributed by atoms with Crippen LogP contribution in [0, 0.1) is 6.92 Å². The molecule has 3 aromatic rings. The van der Waals surface area contributed by atoms with E-state index >= 15 is 0 Å². The Balaban J connectivity index is 1.44. The third-order valence-electron chi connectivity index (χ3n) is 5.53. The summed E-state index contributed by atoms with van der Waals surface area (Å²) < 4.78 is 1.67. The lowest BCUT2D eigenvalue weighted by Gasteiger charge is -2.31. The molecule has 1 unspecified atom stereocenters. The van der Waals surface area contributed by atoms with Gasteiger partial charge in [-0.3, -0.25) is 9.59 Å². The zero-order valence-corrected chi connectivity index (χ0v) is 17.2. The number of amides is 2. The van der Waals surface area contributed by atoms with E-state index < -0.39 is 6.04 Å². The van der Waals surface area contributed by atoms with Gasteiger partial charge in [-0.15, -0.1) is 5.10 Å². The Morgan fingerprint density at radius 2 is 1.87 bits per heavy atom. The van der Waals surface area contributed by atoms with Gasteiger partial charge in [-0.05, 0) is 30.5 Å². The normalized spacial score (nSPS) is 15.7. The number of nitrogens with one attached hydrogen (secondary N) is 1. The van der Waals surface area contributed by atoms with E-state index in [1.807, 2.05) is 73.3 Å². The number of carbonyl (C=O) groups is 2. The van der Waals surface area contributed by atoms with Gasteiger partial charge in [0.2, 0.25) is 11.8 Å². The third kappa shape index (κ3) is 4.10. The zero-order chi connectivity index (χ0) is 21.1. The van der Waals surface area contributed by atoms with E-state index in [-0.39, 0.29) is 11.8 Å². The second kappa shape index (κ2) is 8.49. The van der Waals surface area contributed by atoms with E-state index in [0.29, 0.717) is 31.7 Å². The van der Waals surface area contributed by atoms with Crippen LogP contribution in [0.3, 0.4) is 0 Å². The Hall–Kier alpha value is -3.48. The second-order valence-corrected chi connectivity index (χ2v) is 7.66. The van der Waals surface area contributed by atoms with Crippen molar-refractivity contribution in [1.82, 2.24) is 25.2 Å².